The maximum atomic E-state index is 12.5. The molecular weight excluding hydrogens is 192 g/mol. The number of nitrogens with one attached hydrogen (secondary N) is 1. The Morgan fingerprint density at radius 2 is 2.22 bits per heavy atom. The molecular formula is C5H8BrF2N. The summed E-state index contributed by atoms with van der Waals surface area (Å²) >= 11 is 2.90. The first-order chi connectivity index (χ1) is 4.13. The van der Waals surface area contributed by atoms with Crippen molar-refractivity contribution in [2.75, 3.05) is 13.1 Å². The van der Waals surface area contributed by atoms with Gasteiger partial charge in [-0.05, 0) is 0 Å². The minimum atomic E-state index is -2.51. The van der Waals surface area contributed by atoms with Crippen LogP contribution in [0.25, 0.3) is 0 Å². The lowest BCUT2D eigenvalue weighted by Gasteiger charge is -2.27. The lowest BCUT2D eigenvalue weighted by atomic mass is 10.1. The van der Waals surface area contributed by atoms with E-state index < -0.39 is 10.7 Å². The van der Waals surface area contributed by atoms with Gasteiger partial charge in [0.1, 0.15) is 0 Å². The molecule has 1 rings (SSSR count). The molecule has 0 aromatic carbocycles. The number of halogens is 3. The number of hydrogen-bond acceptors (Lipinski definition) is 1. The second kappa shape index (κ2) is 2.50. The van der Waals surface area contributed by atoms with Crippen molar-refractivity contribution in [2.24, 2.45) is 0 Å². The molecule has 0 radical (unpaired) electrons. The molecule has 1 aliphatic rings. The summed E-state index contributed by atoms with van der Waals surface area (Å²) in [4.78, 5) is -0.682. The van der Waals surface area contributed by atoms with Gasteiger partial charge in [0, 0.05) is 19.5 Å². The summed E-state index contributed by atoms with van der Waals surface area (Å²) < 4.78 is 25.0. The zero-order valence-corrected chi connectivity index (χ0v) is 6.42. The zero-order valence-electron chi connectivity index (χ0n) is 4.83. The summed E-state index contributed by atoms with van der Waals surface area (Å²) in [5, 5.41) is 2.86. The molecule has 1 aliphatic heterocycles. The molecule has 1 nitrogen and oxygen atoms in total. The highest BCUT2D eigenvalue weighted by molar-refractivity contribution is 9.09. The molecule has 1 unspecified atom stereocenters. The fourth-order valence-corrected chi connectivity index (χ4v) is 1.25. The number of rotatable bonds is 0. The van der Waals surface area contributed by atoms with Crippen LogP contribution in [0.3, 0.4) is 0 Å². The van der Waals surface area contributed by atoms with Crippen LogP contribution in [-0.4, -0.2) is 23.8 Å². The standard InChI is InChI=1S/C5H8BrF2N/c6-4-3-9-2-1-5(4,7)8/h4,9H,1-3H2. The van der Waals surface area contributed by atoms with E-state index in [-0.39, 0.29) is 6.42 Å². The molecule has 1 fully saturated rings. The highest BCUT2D eigenvalue weighted by atomic mass is 79.9. The Kier molecular flexibility index (Phi) is 2.06. The van der Waals surface area contributed by atoms with Crippen molar-refractivity contribution in [2.45, 2.75) is 17.2 Å². The van der Waals surface area contributed by atoms with E-state index in [4.69, 9.17) is 0 Å². The maximum Gasteiger partial charge on any atom is 0.262 e. The molecule has 0 aromatic heterocycles. The molecule has 0 aliphatic carbocycles. The van der Waals surface area contributed by atoms with Gasteiger partial charge in [0.25, 0.3) is 5.92 Å². The van der Waals surface area contributed by atoms with Crippen LogP contribution >= 0.6 is 15.9 Å². The molecule has 0 aromatic rings. The van der Waals surface area contributed by atoms with Gasteiger partial charge in [-0.15, -0.1) is 0 Å². The highest BCUT2D eigenvalue weighted by Gasteiger charge is 2.39. The molecule has 4 heteroatoms. The summed E-state index contributed by atoms with van der Waals surface area (Å²) in [5.74, 6) is -2.51. The van der Waals surface area contributed by atoms with E-state index in [2.05, 4.69) is 21.2 Å². The van der Waals surface area contributed by atoms with Crippen molar-refractivity contribution < 1.29 is 8.78 Å². The van der Waals surface area contributed by atoms with E-state index in [1.807, 2.05) is 0 Å². The molecule has 0 spiro atoms. The van der Waals surface area contributed by atoms with Crippen molar-refractivity contribution >= 4 is 15.9 Å². The molecule has 54 valence electrons. The summed E-state index contributed by atoms with van der Waals surface area (Å²) in [6.07, 6.45) is -0.0527. The molecule has 1 saturated heterocycles. The first-order valence-electron chi connectivity index (χ1n) is 2.85. The topological polar surface area (TPSA) is 12.0 Å². The first-order valence-corrected chi connectivity index (χ1v) is 3.77. The Morgan fingerprint density at radius 1 is 1.56 bits per heavy atom. The fourth-order valence-electron chi connectivity index (χ4n) is 0.790. The quantitative estimate of drug-likeness (QED) is 0.582. The Hall–Kier alpha value is 0.300. The Bertz CT molecular complexity index is 107. The minimum absolute atomic E-state index is 0.0527. The smallest absolute Gasteiger partial charge is 0.262 e. The van der Waals surface area contributed by atoms with E-state index in [0.29, 0.717) is 13.1 Å². The van der Waals surface area contributed by atoms with Crippen molar-refractivity contribution in [3.8, 4) is 0 Å². The predicted molar refractivity (Wildman–Crippen MR) is 35.1 cm³/mol. The van der Waals surface area contributed by atoms with Gasteiger partial charge in [0.05, 0.1) is 4.83 Å². The molecule has 1 heterocycles. The second-order valence-corrected chi connectivity index (χ2v) is 3.29. The van der Waals surface area contributed by atoms with Crippen LogP contribution in [0.4, 0.5) is 8.78 Å². The van der Waals surface area contributed by atoms with Gasteiger partial charge in [0.2, 0.25) is 0 Å². The van der Waals surface area contributed by atoms with E-state index in [1.165, 1.54) is 0 Å². The first kappa shape index (κ1) is 7.41. The van der Waals surface area contributed by atoms with Gasteiger partial charge in [-0.1, -0.05) is 15.9 Å². The molecule has 1 N–H and O–H groups in total. The van der Waals surface area contributed by atoms with E-state index in [1.54, 1.807) is 0 Å². The monoisotopic (exact) mass is 199 g/mol. The summed E-state index contributed by atoms with van der Waals surface area (Å²) in [6, 6.07) is 0. The molecule has 0 bridgehead atoms. The number of alkyl halides is 3. The maximum absolute atomic E-state index is 12.5. The van der Waals surface area contributed by atoms with Crippen LogP contribution < -0.4 is 5.32 Å². The van der Waals surface area contributed by atoms with Crippen LogP contribution in [0.15, 0.2) is 0 Å². The Morgan fingerprint density at radius 3 is 2.56 bits per heavy atom. The number of piperidine rings is 1. The van der Waals surface area contributed by atoms with Gasteiger partial charge in [-0.2, -0.15) is 0 Å². The lowest BCUT2D eigenvalue weighted by Crippen LogP contribution is -2.45. The summed E-state index contributed by atoms with van der Waals surface area (Å²) in [7, 11) is 0. The van der Waals surface area contributed by atoms with Gasteiger partial charge >= 0.3 is 0 Å². The summed E-state index contributed by atoms with van der Waals surface area (Å²) in [5.41, 5.74) is 0. The van der Waals surface area contributed by atoms with Crippen LogP contribution in [0.5, 0.6) is 0 Å². The third-order valence-corrected chi connectivity index (χ3v) is 2.41. The lowest BCUT2D eigenvalue weighted by molar-refractivity contribution is -0.0189. The largest absolute Gasteiger partial charge is 0.315 e. The number of hydrogen-bond donors (Lipinski definition) is 1. The average molecular weight is 200 g/mol. The van der Waals surface area contributed by atoms with Crippen LogP contribution in [0, 0.1) is 0 Å². The van der Waals surface area contributed by atoms with Crippen molar-refractivity contribution in [1.82, 2.24) is 5.32 Å². The zero-order chi connectivity index (χ0) is 6.91. The van der Waals surface area contributed by atoms with E-state index in [0.717, 1.165) is 0 Å². The third kappa shape index (κ3) is 1.61. The van der Waals surface area contributed by atoms with Gasteiger partial charge in [0.15, 0.2) is 0 Å². The molecule has 0 amide bonds. The van der Waals surface area contributed by atoms with E-state index >= 15 is 0 Å². The van der Waals surface area contributed by atoms with Gasteiger partial charge < -0.3 is 5.32 Å². The SMILES string of the molecule is FC1(F)CCNCC1Br. The van der Waals surface area contributed by atoms with Crippen molar-refractivity contribution in [3.05, 3.63) is 0 Å². The average Bonchev–Trinajstić information content (AvgIpc) is 1.77. The predicted octanol–water partition coefficient (Wildman–Crippen LogP) is 1.38. The normalized spacial score (nSPS) is 34.3. The van der Waals surface area contributed by atoms with Crippen molar-refractivity contribution in [1.29, 1.82) is 0 Å². The van der Waals surface area contributed by atoms with E-state index in [9.17, 15) is 8.78 Å². The van der Waals surface area contributed by atoms with Crippen LogP contribution in [-0.2, 0) is 0 Å². The van der Waals surface area contributed by atoms with Gasteiger partial charge in [-0.25, -0.2) is 8.78 Å². The fraction of sp³-hybridized carbons (Fsp3) is 1.00. The summed E-state index contributed by atoms with van der Waals surface area (Å²) in [6.45, 7) is 0.794. The molecule has 1 atom stereocenters. The highest BCUT2D eigenvalue weighted by Crippen LogP contribution is 2.29. The Balaban J connectivity index is 2.49. The minimum Gasteiger partial charge on any atom is -0.315 e. The Labute approximate surface area is 60.9 Å². The van der Waals surface area contributed by atoms with Crippen molar-refractivity contribution in [3.63, 3.8) is 0 Å². The third-order valence-electron chi connectivity index (χ3n) is 1.42. The molecule has 9 heavy (non-hydrogen) atoms. The van der Waals surface area contributed by atoms with Gasteiger partial charge in [-0.3, -0.25) is 0 Å². The second-order valence-electron chi connectivity index (χ2n) is 2.18. The van der Waals surface area contributed by atoms with Crippen LogP contribution in [0.2, 0.25) is 0 Å². The van der Waals surface area contributed by atoms with Crippen LogP contribution in [0.1, 0.15) is 6.42 Å². The molecule has 0 saturated carbocycles.